The van der Waals surface area contributed by atoms with E-state index in [1.54, 1.807) is 12.1 Å². The van der Waals surface area contributed by atoms with E-state index in [0.29, 0.717) is 0 Å². The van der Waals surface area contributed by atoms with Crippen LogP contribution in [0.1, 0.15) is 26.9 Å². The Bertz CT molecular complexity index is 749. The lowest BCUT2D eigenvalue weighted by atomic mass is 10.1. The Morgan fingerprint density at radius 1 is 1.23 bits per heavy atom. The molecule has 0 fully saturated rings. The molecule has 3 rings (SSSR count). The largest absolute Gasteiger partial charge is 0.436 e. The maximum atomic E-state index is 12.2. The van der Waals surface area contributed by atoms with Gasteiger partial charge in [0.15, 0.2) is 6.23 Å². The van der Waals surface area contributed by atoms with E-state index in [-0.39, 0.29) is 11.1 Å². The first kappa shape index (κ1) is 13.9. The Labute approximate surface area is 123 Å². The van der Waals surface area contributed by atoms with E-state index in [1.165, 1.54) is 18.3 Å². The van der Waals surface area contributed by atoms with Gasteiger partial charge in [-0.2, -0.15) is 0 Å². The number of benzene rings is 1. The zero-order valence-corrected chi connectivity index (χ0v) is 11.1. The minimum atomic E-state index is -1.45. The first-order valence-corrected chi connectivity index (χ1v) is 6.31. The number of rotatable bonds is 4. The summed E-state index contributed by atoms with van der Waals surface area (Å²) in [6.07, 6.45) is 0.912. The molecule has 1 unspecified atom stereocenters. The summed E-state index contributed by atoms with van der Waals surface area (Å²) < 4.78 is 0.892. The molecular formula is C13H10N4O5. The molecule has 0 saturated carbocycles. The number of imide groups is 1. The molecule has 1 aliphatic rings. The number of aliphatic hydroxyl groups is 1. The third kappa shape index (κ3) is 2.04. The van der Waals surface area contributed by atoms with Gasteiger partial charge in [-0.1, -0.05) is 17.1 Å². The van der Waals surface area contributed by atoms with Crippen LogP contribution in [0.3, 0.4) is 0 Å². The molecule has 1 N–H and O–H groups in total. The van der Waals surface area contributed by atoms with Crippen LogP contribution in [0.15, 0.2) is 36.7 Å². The van der Waals surface area contributed by atoms with Crippen LogP contribution in [0.2, 0.25) is 0 Å². The number of aliphatic hydroxyl groups excluding tert-OH is 1. The number of aromatic nitrogens is 2. The van der Waals surface area contributed by atoms with Crippen LogP contribution in [-0.4, -0.2) is 42.8 Å². The highest BCUT2D eigenvalue weighted by atomic mass is 16.6. The van der Waals surface area contributed by atoms with E-state index >= 15 is 0 Å². The fourth-order valence-corrected chi connectivity index (χ4v) is 2.34. The van der Waals surface area contributed by atoms with Crippen LogP contribution >= 0.6 is 0 Å². The summed E-state index contributed by atoms with van der Waals surface area (Å²) in [6, 6.07) is 6.29. The van der Waals surface area contributed by atoms with Gasteiger partial charge in [-0.3, -0.25) is 14.5 Å². The van der Waals surface area contributed by atoms with E-state index in [1.807, 2.05) is 0 Å². The van der Waals surface area contributed by atoms with Gasteiger partial charge in [-0.25, -0.2) is 4.57 Å². The van der Waals surface area contributed by atoms with Gasteiger partial charge in [-0.15, -0.1) is 0 Å². The van der Waals surface area contributed by atoms with E-state index < -0.39 is 35.5 Å². The summed E-state index contributed by atoms with van der Waals surface area (Å²) in [4.78, 5) is 38.7. The van der Waals surface area contributed by atoms with Crippen molar-refractivity contribution in [2.45, 2.75) is 6.23 Å². The standard InChI is InChI=1S/C13H10N4O5/c18-10(15-6-5-14-13(15)17(21)22)7-16-11(19)8-3-1-2-4-9(8)12(16)20/h1-6,10,18H,7H2. The summed E-state index contributed by atoms with van der Waals surface area (Å²) in [5, 5.41) is 20.9. The molecule has 1 aromatic carbocycles. The summed E-state index contributed by atoms with van der Waals surface area (Å²) >= 11 is 0. The third-order valence-corrected chi connectivity index (χ3v) is 3.36. The number of carbonyl (C=O) groups is 2. The second-order valence-electron chi connectivity index (χ2n) is 4.64. The molecule has 0 bridgehead atoms. The molecule has 1 atom stereocenters. The zero-order valence-electron chi connectivity index (χ0n) is 11.1. The second-order valence-corrected chi connectivity index (χ2v) is 4.64. The van der Waals surface area contributed by atoms with Crippen molar-refractivity contribution in [1.82, 2.24) is 14.5 Å². The summed E-state index contributed by atoms with van der Waals surface area (Å²) in [6.45, 7) is -0.399. The molecule has 0 saturated heterocycles. The van der Waals surface area contributed by atoms with Gasteiger partial charge in [0.1, 0.15) is 12.4 Å². The van der Waals surface area contributed by atoms with Gasteiger partial charge in [0.25, 0.3) is 11.8 Å². The van der Waals surface area contributed by atoms with Crippen molar-refractivity contribution in [2.24, 2.45) is 0 Å². The lowest BCUT2D eigenvalue weighted by Gasteiger charge is -2.17. The SMILES string of the molecule is O=C1c2ccccc2C(=O)N1CC(O)n1ccnc1[N+](=O)[O-]. The van der Waals surface area contributed by atoms with Crippen molar-refractivity contribution < 1.29 is 19.6 Å². The average molecular weight is 302 g/mol. The topological polar surface area (TPSA) is 119 Å². The van der Waals surface area contributed by atoms with Gasteiger partial charge in [0.2, 0.25) is 0 Å². The molecule has 112 valence electrons. The Balaban J connectivity index is 1.85. The Kier molecular flexibility index (Phi) is 3.18. The molecule has 2 heterocycles. The van der Waals surface area contributed by atoms with Gasteiger partial charge in [0.05, 0.1) is 17.7 Å². The normalized spacial score (nSPS) is 15.0. The number of imidazole rings is 1. The molecule has 0 aliphatic carbocycles. The summed E-state index contributed by atoms with van der Waals surface area (Å²) in [5.74, 6) is -1.64. The number of hydrogen-bond donors (Lipinski definition) is 1. The predicted molar refractivity (Wildman–Crippen MR) is 71.9 cm³/mol. The van der Waals surface area contributed by atoms with Crippen molar-refractivity contribution in [2.75, 3.05) is 6.54 Å². The zero-order chi connectivity index (χ0) is 15.9. The smallest absolute Gasteiger partial charge is 0.390 e. The number of amides is 2. The van der Waals surface area contributed by atoms with E-state index in [9.17, 15) is 24.8 Å². The molecule has 2 amide bonds. The van der Waals surface area contributed by atoms with Gasteiger partial charge < -0.3 is 15.2 Å². The van der Waals surface area contributed by atoms with Crippen LogP contribution in [-0.2, 0) is 0 Å². The first-order valence-electron chi connectivity index (χ1n) is 6.31. The first-order chi connectivity index (χ1) is 10.5. The Morgan fingerprint density at radius 3 is 2.36 bits per heavy atom. The van der Waals surface area contributed by atoms with Crippen molar-refractivity contribution >= 4 is 17.8 Å². The molecule has 0 radical (unpaired) electrons. The molecule has 2 aromatic rings. The van der Waals surface area contributed by atoms with Gasteiger partial charge >= 0.3 is 5.95 Å². The van der Waals surface area contributed by atoms with Crippen molar-refractivity contribution in [3.8, 4) is 0 Å². The maximum absolute atomic E-state index is 12.2. The molecular weight excluding hydrogens is 292 g/mol. The van der Waals surface area contributed by atoms with Crippen molar-refractivity contribution in [3.63, 3.8) is 0 Å². The minimum absolute atomic E-state index is 0.250. The highest BCUT2D eigenvalue weighted by molar-refractivity contribution is 6.21. The number of nitro groups is 1. The van der Waals surface area contributed by atoms with Crippen LogP contribution in [0.5, 0.6) is 0 Å². The molecule has 22 heavy (non-hydrogen) atoms. The number of fused-ring (bicyclic) bond motifs is 1. The lowest BCUT2D eigenvalue weighted by molar-refractivity contribution is -0.398. The number of carbonyl (C=O) groups excluding carboxylic acids is 2. The molecule has 1 aliphatic heterocycles. The quantitative estimate of drug-likeness (QED) is 0.501. The van der Waals surface area contributed by atoms with Crippen LogP contribution in [0, 0.1) is 10.1 Å². The van der Waals surface area contributed by atoms with Crippen LogP contribution in [0.4, 0.5) is 5.95 Å². The van der Waals surface area contributed by atoms with Crippen LogP contribution in [0.25, 0.3) is 0 Å². The number of nitrogens with zero attached hydrogens (tertiary/aromatic N) is 4. The van der Waals surface area contributed by atoms with E-state index in [0.717, 1.165) is 15.7 Å². The fraction of sp³-hybridized carbons (Fsp3) is 0.154. The van der Waals surface area contributed by atoms with E-state index in [4.69, 9.17) is 0 Å². The second kappa shape index (κ2) is 5.04. The van der Waals surface area contributed by atoms with E-state index in [2.05, 4.69) is 4.98 Å². The highest BCUT2D eigenvalue weighted by Crippen LogP contribution is 2.24. The average Bonchev–Trinajstić information content (AvgIpc) is 3.08. The Morgan fingerprint density at radius 2 is 1.82 bits per heavy atom. The van der Waals surface area contributed by atoms with Gasteiger partial charge in [0, 0.05) is 0 Å². The van der Waals surface area contributed by atoms with Crippen molar-refractivity contribution in [1.29, 1.82) is 0 Å². The molecule has 0 spiro atoms. The van der Waals surface area contributed by atoms with Crippen molar-refractivity contribution in [3.05, 3.63) is 57.9 Å². The monoisotopic (exact) mass is 302 g/mol. The number of hydrogen-bond acceptors (Lipinski definition) is 6. The predicted octanol–water partition coefficient (Wildman–Crippen LogP) is 0.578. The van der Waals surface area contributed by atoms with Crippen LogP contribution < -0.4 is 0 Å². The third-order valence-electron chi connectivity index (χ3n) is 3.36. The Hall–Kier alpha value is -3.07. The maximum Gasteiger partial charge on any atom is 0.436 e. The fourth-order valence-electron chi connectivity index (χ4n) is 2.34. The highest BCUT2D eigenvalue weighted by Gasteiger charge is 2.37. The minimum Gasteiger partial charge on any atom is -0.390 e. The lowest BCUT2D eigenvalue weighted by Crippen LogP contribution is -2.35. The summed E-state index contributed by atoms with van der Waals surface area (Å²) in [5.41, 5.74) is 0.500. The summed E-state index contributed by atoms with van der Waals surface area (Å²) in [7, 11) is 0. The number of β-amino-alcohol motifs (C(OH)–C–C–N with tert-alkyl or cyclic N) is 1. The van der Waals surface area contributed by atoms with Gasteiger partial charge in [-0.05, 0) is 17.1 Å². The molecule has 9 nitrogen and oxygen atoms in total. The molecule has 1 aromatic heterocycles. The molecule has 9 heteroatoms.